The quantitative estimate of drug-likeness (QED) is 0.910. The topological polar surface area (TPSA) is 46.5 Å². The van der Waals surface area contributed by atoms with Gasteiger partial charge in [0.1, 0.15) is 6.61 Å². The summed E-state index contributed by atoms with van der Waals surface area (Å²) >= 11 is 3.44. The summed E-state index contributed by atoms with van der Waals surface area (Å²) in [5, 5.41) is 9.37. The number of carbonyl (C=O) groups is 1. The summed E-state index contributed by atoms with van der Waals surface area (Å²) in [4.78, 5) is 11.4. The first-order valence-corrected chi connectivity index (χ1v) is 6.90. The van der Waals surface area contributed by atoms with Gasteiger partial charge in [0.25, 0.3) is 0 Å². The third kappa shape index (κ3) is 2.23. The molecule has 4 heteroatoms. The predicted molar refractivity (Wildman–Crippen MR) is 79.0 cm³/mol. The van der Waals surface area contributed by atoms with Gasteiger partial charge in [0.05, 0.1) is 0 Å². The Balaban J connectivity index is 2.29. The molecule has 2 aromatic carbocycles. The second-order valence-electron chi connectivity index (χ2n) is 4.47. The van der Waals surface area contributed by atoms with Crippen molar-refractivity contribution in [2.24, 2.45) is 0 Å². The first kappa shape index (κ1) is 12.9. The van der Waals surface area contributed by atoms with Gasteiger partial charge in [0.2, 0.25) is 5.76 Å². The molecule has 0 amide bonds. The van der Waals surface area contributed by atoms with E-state index in [4.69, 9.17) is 4.74 Å². The normalized spacial score (nSPS) is 13.7. The number of rotatable bonds is 2. The maximum absolute atomic E-state index is 11.4. The van der Waals surface area contributed by atoms with E-state index in [1.165, 1.54) is 0 Å². The van der Waals surface area contributed by atoms with Crippen LogP contribution in [0, 0.1) is 0 Å². The molecule has 1 heterocycles. The Morgan fingerprint density at radius 3 is 2.60 bits per heavy atom. The number of fused-ring (bicyclic) bond motifs is 1. The van der Waals surface area contributed by atoms with Crippen LogP contribution < -0.4 is 0 Å². The highest BCUT2D eigenvalue weighted by Gasteiger charge is 2.26. The van der Waals surface area contributed by atoms with Crippen LogP contribution in [0.3, 0.4) is 0 Å². The van der Waals surface area contributed by atoms with Crippen molar-refractivity contribution in [3.05, 3.63) is 75.5 Å². The third-order valence-electron chi connectivity index (χ3n) is 3.20. The number of carboxylic acids is 1. The lowest BCUT2D eigenvalue weighted by molar-refractivity contribution is -0.136. The Kier molecular flexibility index (Phi) is 3.32. The summed E-state index contributed by atoms with van der Waals surface area (Å²) in [5.41, 5.74) is 3.34. The molecule has 0 spiro atoms. The van der Waals surface area contributed by atoms with E-state index in [0.29, 0.717) is 5.57 Å². The smallest absolute Gasteiger partial charge is 0.371 e. The van der Waals surface area contributed by atoms with E-state index in [0.717, 1.165) is 21.2 Å². The molecule has 0 saturated heterocycles. The minimum absolute atomic E-state index is 0.00167. The van der Waals surface area contributed by atoms with Crippen molar-refractivity contribution in [1.82, 2.24) is 0 Å². The van der Waals surface area contributed by atoms with Crippen LogP contribution in [0.5, 0.6) is 0 Å². The van der Waals surface area contributed by atoms with E-state index in [1.807, 2.05) is 48.5 Å². The molecule has 3 rings (SSSR count). The van der Waals surface area contributed by atoms with Crippen molar-refractivity contribution in [1.29, 1.82) is 0 Å². The zero-order chi connectivity index (χ0) is 14.1. The van der Waals surface area contributed by atoms with Crippen LogP contribution in [0.2, 0.25) is 0 Å². The van der Waals surface area contributed by atoms with E-state index in [2.05, 4.69) is 15.9 Å². The lowest BCUT2D eigenvalue weighted by atomic mass is 9.91. The van der Waals surface area contributed by atoms with Gasteiger partial charge in [-0.15, -0.1) is 0 Å². The summed E-state index contributed by atoms with van der Waals surface area (Å²) in [6.45, 7) is 0.278. The fraction of sp³-hybridized carbons (Fsp3) is 0.0625. The maximum Gasteiger partial charge on any atom is 0.371 e. The minimum atomic E-state index is -1.05. The van der Waals surface area contributed by atoms with Crippen LogP contribution >= 0.6 is 15.9 Å². The van der Waals surface area contributed by atoms with Crippen LogP contribution in [0.15, 0.2) is 58.8 Å². The monoisotopic (exact) mass is 330 g/mol. The SMILES string of the molecule is O=C(O)C1=C(c2ccccc2)c2cc(Br)ccc2CO1. The van der Waals surface area contributed by atoms with Crippen molar-refractivity contribution >= 4 is 27.5 Å². The molecule has 0 aromatic heterocycles. The summed E-state index contributed by atoms with van der Waals surface area (Å²) in [6.07, 6.45) is 0. The van der Waals surface area contributed by atoms with Crippen molar-refractivity contribution in [2.45, 2.75) is 6.61 Å². The lowest BCUT2D eigenvalue weighted by Gasteiger charge is -2.22. The fourth-order valence-corrected chi connectivity index (χ4v) is 2.67. The zero-order valence-electron chi connectivity index (χ0n) is 10.5. The largest absolute Gasteiger partial charge is 0.481 e. The summed E-state index contributed by atoms with van der Waals surface area (Å²) in [7, 11) is 0. The summed E-state index contributed by atoms with van der Waals surface area (Å²) in [6, 6.07) is 15.2. The Morgan fingerprint density at radius 2 is 1.90 bits per heavy atom. The van der Waals surface area contributed by atoms with Gasteiger partial charge in [0.15, 0.2) is 0 Å². The zero-order valence-corrected chi connectivity index (χ0v) is 12.1. The minimum Gasteiger partial charge on any atom is -0.481 e. The van der Waals surface area contributed by atoms with E-state index in [-0.39, 0.29) is 12.4 Å². The van der Waals surface area contributed by atoms with E-state index in [1.54, 1.807) is 0 Å². The highest BCUT2D eigenvalue weighted by molar-refractivity contribution is 9.10. The number of halogens is 1. The van der Waals surface area contributed by atoms with Crippen molar-refractivity contribution in [3.63, 3.8) is 0 Å². The van der Waals surface area contributed by atoms with Crippen LogP contribution in [0.25, 0.3) is 5.57 Å². The number of ether oxygens (including phenoxy) is 1. The standard InChI is InChI=1S/C16H11BrO3/c17-12-7-6-11-9-20-15(16(18)19)14(13(11)8-12)10-4-2-1-3-5-10/h1-8H,9H2,(H,18,19). The molecule has 100 valence electrons. The average Bonchev–Trinajstić information content (AvgIpc) is 2.46. The molecular formula is C16H11BrO3. The molecule has 0 atom stereocenters. The van der Waals surface area contributed by atoms with Crippen molar-refractivity contribution in [3.8, 4) is 0 Å². The van der Waals surface area contributed by atoms with Gasteiger partial charge >= 0.3 is 5.97 Å². The molecule has 20 heavy (non-hydrogen) atoms. The molecule has 1 aliphatic rings. The molecule has 0 unspecified atom stereocenters. The molecule has 0 fully saturated rings. The van der Waals surface area contributed by atoms with Gasteiger partial charge in [-0.05, 0) is 28.8 Å². The Labute approximate surface area is 124 Å². The van der Waals surface area contributed by atoms with Gasteiger partial charge in [-0.3, -0.25) is 0 Å². The highest BCUT2D eigenvalue weighted by Crippen LogP contribution is 2.36. The average molecular weight is 331 g/mol. The van der Waals surface area contributed by atoms with E-state index >= 15 is 0 Å². The molecule has 0 saturated carbocycles. The lowest BCUT2D eigenvalue weighted by Crippen LogP contribution is -2.15. The molecule has 1 aliphatic heterocycles. The van der Waals surface area contributed by atoms with Gasteiger partial charge < -0.3 is 9.84 Å². The molecule has 1 N–H and O–H groups in total. The first-order valence-electron chi connectivity index (χ1n) is 6.11. The van der Waals surface area contributed by atoms with Crippen molar-refractivity contribution in [2.75, 3.05) is 0 Å². The van der Waals surface area contributed by atoms with Crippen LogP contribution in [-0.2, 0) is 16.1 Å². The molecule has 0 aliphatic carbocycles. The fourth-order valence-electron chi connectivity index (χ4n) is 2.31. The maximum atomic E-state index is 11.4. The van der Waals surface area contributed by atoms with Crippen LogP contribution in [-0.4, -0.2) is 11.1 Å². The number of hydrogen-bond acceptors (Lipinski definition) is 2. The van der Waals surface area contributed by atoms with Gasteiger partial charge in [-0.25, -0.2) is 4.79 Å². The van der Waals surface area contributed by atoms with Gasteiger partial charge in [0, 0.05) is 10.0 Å². The Morgan fingerprint density at radius 1 is 1.15 bits per heavy atom. The number of aliphatic carboxylic acids is 1. The van der Waals surface area contributed by atoms with Gasteiger partial charge in [-0.1, -0.05) is 52.3 Å². The van der Waals surface area contributed by atoms with Gasteiger partial charge in [-0.2, -0.15) is 0 Å². The summed E-state index contributed by atoms with van der Waals surface area (Å²) < 4.78 is 6.35. The summed E-state index contributed by atoms with van der Waals surface area (Å²) in [5.74, 6) is -1.05. The van der Waals surface area contributed by atoms with Crippen molar-refractivity contribution < 1.29 is 14.6 Å². The molecule has 0 bridgehead atoms. The van der Waals surface area contributed by atoms with E-state index < -0.39 is 5.97 Å². The Hall–Kier alpha value is -2.07. The molecular weight excluding hydrogens is 320 g/mol. The highest BCUT2D eigenvalue weighted by atomic mass is 79.9. The molecule has 0 radical (unpaired) electrons. The van der Waals surface area contributed by atoms with Crippen LogP contribution in [0.1, 0.15) is 16.7 Å². The number of benzene rings is 2. The number of hydrogen-bond donors (Lipinski definition) is 1. The number of carboxylic acid groups (broad SMARTS) is 1. The third-order valence-corrected chi connectivity index (χ3v) is 3.69. The molecule has 2 aromatic rings. The predicted octanol–water partition coefficient (Wildman–Crippen LogP) is 3.82. The Bertz CT molecular complexity index is 705. The first-order chi connectivity index (χ1) is 9.66. The second-order valence-corrected chi connectivity index (χ2v) is 5.38. The molecule has 3 nitrogen and oxygen atoms in total. The van der Waals surface area contributed by atoms with Crippen LogP contribution in [0.4, 0.5) is 0 Å². The second kappa shape index (κ2) is 5.13. The van der Waals surface area contributed by atoms with E-state index in [9.17, 15) is 9.90 Å².